The minimum absolute atomic E-state index is 0.160. The zero-order chi connectivity index (χ0) is 19.3. The highest BCUT2D eigenvalue weighted by atomic mass is 35.5. The van der Waals surface area contributed by atoms with Crippen LogP contribution in [0.5, 0.6) is 0 Å². The first-order valence-corrected chi connectivity index (χ1v) is 10.4. The molecule has 1 unspecified atom stereocenters. The van der Waals surface area contributed by atoms with Gasteiger partial charge in [0.15, 0.2) is 0 Å². The van der Waals surface area contributed by atoms with Gasteiger partial charge in [0, 0.05) is 24.3 Å². The second-order valence-electron chi connectivity index (χ2n) is 6.52. The molecule has 0 saturated carbocycles. The van der Waals surface area contributed by atoms with Gasteiger partial charge >= 0.3 is 0 Å². The number of carbonyl (C=O) groups excluding carboxylic acids is 1. The summed E-state index contributed by atoms with van der Waals surface area (Å²) in [6.07, 6.45) is 1.63. The standard InChI is InChI=1S/C21H20ClN3O2S/c22-18-4-1-15(2-5-18)20(17-7-12-28-14-17)24-21(26)16-3-6-19(23-13-16)25-8-10-27-11-9-25/h1-7,12-14,20H,8-11H2,(H,24,26). The number of amides is 1. The van der Waals surface area contributed by atoms with E-state index >= 15 is 0 Å². The van der Waals surface area contributed by atoms with E-state index in [0.29, 0.717) is 23.8 Å². The summed E-state index contributed by atoms with van der Waals surface area (Å²) in [4.78, 5) is 19.5. The molecule has 7 heteroatoms. The van der Waals surface area contributed by atoms with Crippen LogP contribution in [0.1, 0.15) is 27.5 Å². The summed E-state index contributed by atoms with van der Waals surface area (Å²) in [5, 5.41) is 7.83. The third kappa shape index (κ3) is 4.35. The fraction of sp³-hybridized carbons (Fsp3) is 0.238. The summed E-state index contributed by atoms with van der Waals surface area (Å²) in [7, 11) is 0. The molecule has 4 rings (SSSR count). The van der Waals surface area contributed by atoms with Crippen molar-refractivity contribution in [2.24, 2.45) is 0 Å². The number of ether oxygens (including phenoxy) is 1. The lowest BCUT2D eigenvalue weighted by atomic mass is 10.0. The zero-order valence-electron chi connectivity index (χ0n) is 15.2. The highest BCUT2D eigenvalue weighted by Crippen LogP contribution is 2.26. The third-order valence-electron chi connectivity index (χ3n) is 4.70. The van der Waals surface area contributed by atoms with Gasteiger partial charge in [0.1, 0.15) is 5.82 Å². The van der Waals surface area contributed by atoms with Crippen molar-refractivity contribution in [3.8, 4) is 0 Å². The highest BCUT2D eigenvalue weighted by molar-refractivity contribution is 7.08. The highest BCUT2D eigenvalue weighted by Gasteiger charge is 2.19. The molecule has 3 heterocycles. The van der Waals surface area contributed by atoms with Gasteiger partial charge in [-0.1, -0.05) is 23.7 Å². The van der Waals surface area contributed by atoms with Gasteiger partial charge in [-0.15, -0.1) is 0 Å². The number of aromatic nitrogens is 1. The van der Waals surface area contributed by atoms with Gasteiger partial charge in [-0.05, 0) is 52.2 Å². The molecule has 1 aromatic carbocycles. The molecule has 1 amide bonds. The molecule has 1 aliphatic rings. The average molecular weight is 414 g/mol. The van der Waals surface area contributed by atoms with Crippen molar-refractivity contribution >= 4 is 34.7 Å². The predicted molar refractivity (Wildman–Crippen MR) is 112 cm³/mol. The van der Waals surface area contributed by atoms with E-state index in [-0.39, 0.29) is 11.9 Å². The Morgan fingerprint density at radius 2 is 1.89 bits per heavy atom. The minimum atomic E-state index is -0.241. The second-order valence-corrected chi connectivity index (χ2v) is 7.74. The quantitative estimate of drug-likeness (QED) is 0.682. The number of carbonyl (C=O) groups is 1. The summed E-state index contributed by atoms with van der Waals surface area (Å²) < 4.78 is 5.37. The zero-order valence-corrected chi connectivity index (χ0v) is 16.7. The van der Waals surface area contributed by atoms with Crippen molar-refractivity contribution in [1.29, 1.82) is 0 Å². The van der Waals surface area contributed by atoms with Crippen molar-refractivity contribution in [1.82, 2.24) is 10.3 Å². The van der Waals surface area contributed by atoms with Gasteiger partial charge in [-0.3, -0.25) is 4.79 Å². The molecule has 0 radical (unpaired) electrons. The average Bonchev–Trinajstić information content (AvgIpc) is 3.28. The molecule has 1 atom stereocenters. The van der Waals surface area contributed by atoms with Crippen molar-refractivity contribution in [3.05, 3.63) is 81.1 Å². The van der Waals surface area contributed by atoms with Crippen LogP contribution in [0.4, 0.5) is 5.82 Å². The summed E-state index contributed by atoms with van der Waals surface area (Å²) in [5.74, 6) is 0.708. The van der Waals surface area contributed by atoms with Crippen LogP contribution in [0, 0.1) is 0 Å². The number of benzene rings is 1. The van der Waals surface area contributed by atoms with E-state index in [1.54, 1.807) is 17.5 Å². The molecule has 0 aliphatic carbocycles. The Labute approximate surface area is 172 Å². The number of nitrogens with zero attached hydrogens (tertiary/aromatic N) is 2. The van der Waals surface area contributed by atoms with Gasteiger partial charge in [-0.2, -0.15) is 11.3 Å². The molecule has 28 heavy (non-hydrogen) atoms. The number of thiophene rings is 1. The molecule has 1 saturated heterocycles. The van der Waals surface area contributed by atoms with Crippen LogP contribution in [0.3, 0.4) is 0 Å². The van der Waals surface area contributed by atoms with Crippen LogP contribution in [0.25, 0.3) is 0 Å². The second kappa shape index (κ2) is 8.73. The van der Waals surface area contributed by atoms with E-state index in [1.807, 2.05) is 53.2 Å². The Bertz CT molecular complexity index is 908. The Kier molecular flexibility index (Phi) is 5.90. The lowest BCUT2D eigenvalue weighted by Crippen LogP contribution is -2.36. The number of rotatable bonds is 5. The van der Waals surface area contributed by atoms with E-state index in [9.17, 15) is 4.79 Å². The number of halogens is 1. The Hall–Kier alpha value is -2.41. The Morgan fingerprint density at radius 1 is 1.11 bits per heavy atom. The molecule has 0 spiro atoms. The molecule has 5 nitrogen and oxygen atoms in total. The number of anilines is 1. The van der Waals surface area contributed by atoms with Gasteiger partial charge in [-0.25, -0.2) is 4.98 Å². The molecular formula is C21H20ClN3O2S. The van der Waals surface area contributed by atoms with E-state index in [2.05, 4.69) is 15.2 Å². The van der Waals surface area contributed by atoms with Gasteiger partial charge in [0.25, 0.3) is 5.91 Å². The first kappa shape index (κ1) is 18.9. The van der Waals surface area contributed by atoms with Crippen LogP contribution in [0.15, 0.2) is 59.4 Å². The normalized spacial score (nSPS) is 15.2. The fourth-order valence-electron chi connectivity index (χ4n) is 3.17. The molecule has 1 N–H and O–H groups in total. The van der Waals surface area contributed by atoms with E-state index in [4.69, 9.17) is 16.3 Å². The Morgan fingerprint density at radius 3 is 2.54 bits per heavy atom. The van der Waals surface area contributed by atoms with Gasteiger partial charge in [0.05, 0.1) is 24.8 Å². The maximum absolute atomic E-state index is 12.9. The topological polar surface area (TPSA) is 54.5 Å². The molecule has 0 bridgehead atoms. The summed E-state index contributed by atoms with van der Waals surface area (Å²) in [5.41, 5.74) is 2.55. The number of hydrogen-bond donors (Lipinski definition) is 1. The Balaban J connectivity index is 1.52. The van der Waals surface area contributed by atoms with Crippen molar-refractivity contribution in [2.45, 2.75) is 6.04 Å². The molecule has 144 valence electrons. The summed E-state index contributed by atoms with van der Waals surface area (Å²) >= 11 is 7.62. The number of morpholine rings is 1. The number of pyridine rings is 1. The van der Waals surface area contributed by atoms with Crippen LogP contribution < -0.4 is 10.2 Å². The van der Waals surface area contributed by atoms with E-state index in [0.717, 1.165) is 30.0 Å². The number of nitrogens with one attached hydrogen (secondary N) is 1. The fourth-order valence-corrected chi connectivity index (χ4v) is 3.98. The third-order valence-corrected chi connectivity index (χ3v) is 5.65. The van der Waals surface area contributed by atoms with Gasteiger partial charge < -0.3 is 15.0 Å². The smallest absolute Gasteiger partial charge is 0.253 e. The first-order chi connectivity index (χ1) is 13.7. The van der Waals surface area contributed by atoms with Crippen LogP contribution in [-0.4, -0.2) is 37.2 Å². The molecule has 1 fully saturated rings. The first-order valence-electron chi connectivity index (χ1n) is 9.08. The largest absolute Gasteiger partial charge is 0.378 e. The van der Waals surface area contributed by atoms with Crippen molar-refractivity contribution in [3.63, 3.8) is 0 Å². The van der Waals surface area contributed by atoms with E-state index < -0.39 is 0 Å². The lowest BCUT2D eigenvalue weighted by molar-refractivity contribution is 0.0942. The van der Waals surface area contributed by atoms with Crippen LogP contribution in [-0.2, 0) is 4.74 Å². The predicted octanol–water partition coefficient (Wildman–Crippen LogP) is 4.15. The SMILES string of the molecule is O=C(NC(c1ccc(Cl)cc1)c1ccsc1)c1ccc(N2CCOCC2)nc1. The minimum Gasteiger partial charge on any atom is -0.378 e. The van der Waals surface area contributed by atoms with Crippen LogP contribution >= 0.6 is 22.9 Å². The molecular weight excluding hydrogens is 394 g/mol. The number of hydrogen-bond acceptors (Lipinski definition) is 5. The van der Waals surface area contributed by atoms with Gasteiger partial charge in [0.2, 0.25) is 0 Å². The van der Waals surface area contributed by atoms with Crippen molar-refractivity contribution < 1.29 is 9.53 Å². The van der Waals surface area contributed by atoms with Crippen LogP contribution in [0.2, 0.25) is 5.02 Å². The summed E-state index contributed by atoms with van der Waals surface area (Å²) in [6.45, 7) is 3.03. The molecule has 3 aromatic rings. The maximum atomic E-state index is 12.9. The van der Waals surface area contributed by atoms with E-state index in [1.165, 1.54) is 0 Å². The summed E-state index contributed by atoms with van der Waals surface area (Å²) in [6, 6.07) is 13.0. The van der Waals surface area contributed by atoms with Crippen molar-refractivity contribution in [2.75, 3.05) is 31.2 Å². The molecule has 2 aromatic heterocycles. The molecule has 1 aliphatic heterocycles. The monoisotopic (exact) mass is 413 g/mol. The lowest BCUT2D eigenvalue weighted by Gasteiger charge is -2.27. The maximum Gasteiger partial charge on any atom is 0.253 e.